The number of rotatable bonds is 2. The lowest BCUT2D eigenvalue weighted by Crippen LogP contribution is -2.26. The molecule has 1 atom stereocenters. The summed E-state index contributed by atoms with van der Waals surface area (Å²) in [7, 11) is 0. The number of thiazole rings is 1. The van der Waals surface area contributed by atoms with Gasteiger partial charge in [-0.05, 0) is 37.0 Å². The third kappa shape index (κ3) is 3.15. The zero-order valence-corrected chi connectivity index (χ0v) is 14.3. The van der Waals surface area contributed by atoms with E-state index in [0.717, 1.165) is 41.1 Å². The van der Waals surface area contributed by atoms with Gasteiger partial charge in [0.25, 0.3) is 0 Å². The molecule has 1 aromatic heterocycles. The molecule has 0 amide bonds. The van der Waals surface area contributed by atoms with Crippen molar-refractivity contribution in [3.63, 3.8) is 0 Å². The van der Waals surface area contributed by atoms with Crippen molar-refractivity contribution >= 4 is 22.3 Å². The van der Waals surface area contributed by atoms with Gasteiger partial charge in [0.05, 0.1) is 10.6 Å². The molecule has 0 radical (unpaired) electrons. The lowest BCUT2D eigenvalue weighted by molar-refractivity contribution is 0.0916. The molecule has 21 heavy (non-hydrogen) atoms. The molecular weight excluding hydrogens is 280 g/mol. The minimum Gasteiger partial charge on any atom is -0.348 e. The Morgan fingerprint density at radius 1 is 1.29 bits per heavy atom. The molecule has 4 heteroatoms. The van der Waals surface area contributed by atoms with Gasteiger partial charge in [-0.25, -0.2) is 4.98 Å². The van der Waals surface area contributed by atoms with Crippen molar-refractivity contribution in [1.29, 1.82) is 0 Å². The van der Waals surface area contributed by atoms with Crippen molar-refractivity contribution in [3.8, 4) is 0 Å². The summed E-state index contributed by atoms with van der Waals surface area (Å²) in [5.41, 5.74) is 1.12. The van der Waals surface area contributed by atoms with Gasteiger partial charge in [-0.3, -0.25) is 4.79 Å². The van der Waals surface area contributed by atoms with Crippen molar-refractivity contribution < 1.29 is 4.79 Å². The van der Waals surface area contributed by atoms with E-state index in [-0.39, 0.29) is 5.41 Å². The number of hydrogen-bond acceptors (Lipinski definition) is 4. The fourth-order valence-corrected chi connectivity index (χ4v) is 4.68. The fourth-order valence-electron chi connectivity index (χ4n) is 3.61. The Kier molecular flexibility index (Phi) is 4.08. The van der Waals surface area contributed by atoms with Gasteiger partial charge in [0, 0.05) is 19.5 Å². The first-order chi connectivity index (χ1) is 9.98. The van der Waals surface area contributed by atoms with Crippen molar-refractivity contribution in [1.82, 2.24) is 4.98 Å². The lowest BCUT2D eigenvalue weighted by Gasteiger charge is -2.26. The van der Waals surface area contributed by atoms with Crippen LogP contribution in [0.25, 0.3) is 0 Å². The number of Topliss-reactive ketones (excluding diaryl/α,β-unsaturated/α-hetero) is 1. The lowest BCUT2D eigenvalue weighted by atomic mass is 9.78. The van der Waals surface area contributed by atoms with Gasteiger partial charge < -0.3 is 4.90 Å². The SMILES string of the molecule is CCC1CCCN(c2nc3c(s2)C(=O)CC(C)(C)C3)CC1. The minimum atomic E-state index is 0.0710. The van der Waals surface area contributed by atoms with Crippen LogP contribution in [0.3, 0.4) is 0 Å². The van der Waals surface area contributed by atoms with E-state index in [9.17, 15) is 4.79 Å². The number of carbonyl (C=O) groups excluding carboxylic acids is 1. The maximum Gasteiger partial charge on any atom is 0.186 e. The van der Waals surface area contributed by atoms with Crippen LogP contribution in [0.1, 0.15) is 68.2 Å². The second-order valence-corrected chi connectivity index (χ2v) is 8.38. The van der Waals surface area contributed by atoms with Gasteiger partial charge >= 0.3 is 0 Å². The van der Waals surface area contributed by atoms with Crippen molar-refractivity contribution in [2.24, 2.45) is 11.3 Å². The Morgan fingerprint density at radius 3 is 2.86 bits per heavy atom. The number of hydrogen-bond donors (Lipinski definition) is 0. The molecule has 1 aliphatic carbocycles. The van der Waals surface area contributed by atoms with Gasteiger partial charge in [0.2, 0.25) is 0 Å². The fraction of sp³-hybridized carbons (Fsp3) is 0.765. The van der Waals surface area contributed by atoms with Gasteiger partial charge in [0.1, 0.15) is 0 Å². The normalized spacial score (nSPS) is 25.6. The van der Waals surface area contributed by atoms with Crippen LogP contribution in [0.2, 0.25) is 0 Å². The predicted molar refractivity (Wildman–Crippen MR) is 88.4 cm³/mol. The molecule has 1 saturated heterocycles. The standard InChI is InChI=1S/C17H26N2OS/c1-4-12-6-5-8-19(9-7-12)16-18-13-10-17(2,3)11-14(20)15(13)21-16/h12H,4-11H2,1-3H3. The molecule has 1 aliphatic heterocycles. The average molecular weight is 306 g/mol. The summed E-state index contributed by atoms with van der Waals surface area (Å²) < 4.78 is 0. The number of carbonyl (C=O) groups is 1. The number of nitrogens with zero attached hydrogens (tertiary/aromatic N) is 2. The van der Waals surface area contributed by atoms with E-state index in [1.54, 1.807) is 11.3 Å². The first kappa shape index (κ1) is 15.0. The van der Waals surface area contributed by atoms with Crippen LogP contribution in [0.4, 0.5) is 5.13 Å². The molecule has 0 N–H and O–H groups in total. The molecular formula is C17H26N2OS. The van der Waals surface area contributed by atoms with Gasteiger partial charge in [-0.1, -0.05) is 38.5 Å². The topological polar surface area (TPSA) is 33.2 Å². The Balaban J connectivity index is 1.80. The highest BCUT2D eigenvalue weighted by Crippen LogP contribution is 2.39. The summed E-state index contributed by atoms with van der Waals surface area (Å²) in [6.07, 6.45) is 6.75. The molecule has 1 unspecified atom stereocenters. The van der Waals surface area contributed by atoms with E-state index < -0.39 is 0 Å². The van der Waals surface area contributed by atoms with Gasteiger partial charge in [0.15, 0.2) is 10.9 Å². The smallest absolute Gasteiger partial charge is 0.186 e. The van der Waals surface area contributed by atoms with Crippen molar-refractivity contribution in [2.75, 3.05) is 18.0 Å². The van der Waals surface area contributed by atoms with Gasteiger partial charge in [-0.15, -0.1) is 0 Å². The number of fused-ring (bicyclic) bond motifs is 1. The summed E-state index contributed by atoms with van der Waals surface area (Å²) in [6.45, 7) is 8.83. The van der Waals surface area contributed by atoms with Crippen LogP contribution in [0, 0.1) is 11.3 Å². The summed E-state index contributed by atoms with van der Waals surface area (Å²) >= 11 is 1.63. The van der Waals surface area contributed by atoms with E-state index in [0.29, 0.717) is 12.2 Å². The Hall–Kier alpha value is -0.900. The van der Waals surface area contributed by atoms with Gasteiger partial charge in [-0.2, -0.15) is 0 Å². The zero-order chi connectivity index (χ0) is 15.0. The monoisotopic (exact) mass is 306 g/mol. The molecule has 0 spiro atoms. The Bertz CT molecular complexity index is 535. The number of anilines is 1. The molecule has 0 bridgehead atoms. The summed E-state index contributed by atoms with van der Waals surface area (Å²) in [5.74, 6) is 1.16. The average Bonchev–Trinajstić information content (AvgIpc) is 2.68. The van der Waals surface area contributed by atoms with E-state index >= 15 is 0 Å². The van der Waals surface area contributed by atoms with Crippen molar-refractivity contribution in [3.05, 3.63) is 10.6 Å². The summed E-state index contributed by atoms with van der Waals surface area (Å²) in [4.78, 5) is 20.5. The summed E-state index contributed by atoms with van der Waals surface area (Å²) in [5, 5.41) is 1.09. The second kappa shape index (κ2) is 5.71. The highest BCUT2D eigenvalue weighted by molar-refractivity contribution is 7.17. The highest BCUT2D eigenvalue weighted by Gasteiger charge is 2.34. The first-order valence-corrected chi connectivity index (χ1v) is 9.08. The van der Waals surface area contributed by atoms with E-state index in [1.165, 1.54) is 25.7 Å². The molecule has 2 aliphatic rings. The van der Waals surface area contributed by atoms with E-state index in [1.807, 2.05) is 0 Å². The molecule has 3 rings (SSSR count). The highest BCUT2D eigenvalue weighted by atomic mass is 32.1. The van der Waals surface area contributed by atoms with Crippen LogP contribution in [-0.4, -0.2) is 23.9 Å². The van der Waals surface area contributed by atoms with Crippen LogP contribution in [0.15, 0.2) is 0 Å². The largest absolute Gasteiger partial charge is 0.348 e. The Labute approximate surface area is 131 Å². The van der Waals surface area contributed by atoms with Crippen LogP contribution >= 0.6 is 11.3 Å². The molecule has 1 aromatic rings. The number of aromatic nitrogens is 1. The first-order valence-electron chi connectivity index (χ1n) is 8.26. The second-order valence-electron chi connectivity index (χ2n) is 7.41. The third-order valence-corrected chi connectivity index (χ3v) is 6.12. The van der Waals surface area contributed by atoms with Crippen LogP contribution in [0.5, 0.6) is 0 Å². The molecule has 3 nitrogen and oxygen atoms in total. The van der Waals surface area contributed by atoms with Crippen LogP contribution < -0.4 is 4.90 Å². The van der Waals surface area contributed by atoms with E-state index in [2.05, 4.69) is 25.7 Å². The van der Waals surface area contributed by atoms with E-state index in [4.69, 9.17) is 4.98 Å². The van der Waals surface area contributed by atoms with Crippen molar-refractivity contribution in [2.45, 2.75) is 59.3 Å². The minimum absolute atomic E-state index is 0.0710. The Morgan fingerprint density at radius 2 is 2.10 bits per heavy atom. The number of ketones is 1. The third-order valence-electron chi connectivity index (χ3n) is 4.92. The predicted octanol–water partition coefficient (Wildman–Crippen LogP) is 4.31. The molecule has 0 saturated carbocycles. The quantitative estimate of drug-likeness (QED) is 0.816. The maximum atomic E-state index is 12.3. The van der Waals surface area contributed by atoms with Crippen LogP contribution in [-0.2, 0) is 6.42 Å². The molecule has 2 heterocycles. The molecule has 1 fully saturated rings. The molecule has 0 aromatic carbocycles. The molecule has 116 valence electrons. The maximum absolute atomic E-state index is 12.3. The zero-order valence-electron chi connectivity index (χ0n) is 13.4. The summed E-state index contributed by atoms with van der Waals surface area (Å²) in [6, 6.07) is 0.